The third-order valence-corrected chi connectivity index (χ3v) is 2.39. The molecular formula is C10H10FNO2. The molecule has 0 bridgehead atoms. The summed E-state index contributed by atoms with van der Waals surface area (Å²) >= 11 is 0. The lowest BCUT2D eigenvalue weighted by molar-refractivity contribution is -0.181. The number of fused-ring (bicyclic) bond motifs is 1. The van der Waals surface area contributed by atoms with Gasteiger partial charge in [-0.05, 0) is 18.1 Å². The minimum absolute atomic E-state index is 0.0203. The van der Waals surface area contributed by atoms with E-state index in [0.29, 0.717) is 0 Å². The summed E-state index contributed by atoms with van der Waals surface area (Å²) in [6.45, 7) is 0.724. The molecule has 1 heterocycles. The van der Waals surface area contributed by atoms with Gasteiger partial charge in [0, 0.05) is 16.8 Å². The SMILES string of the molecule is O=C(CN1CCc2ccccc21)OF. The molecule has 1 aliphatic heterocycles. The molecule has 0 spiro atoms. The van der Waals surface area contributed by atoms with Gasteiger partial charge in [0.2, 0.25) is 0 Å². The first-order valence-electron chi connectivity index (χ1n) is 4.45. The molecule has 1 aromatic carbocycles. The molecule has 1 aromatic rings. The smallest absolute Gasteiger partial charge is 0.360 e. The fraction of sp³-hybridized carbons (Fsp3) is 0.300. The van der Waals surface area contributed by atoms with Gasteiger partial charge in [-0.25, -0.2) is 4.79 Å². The van der Waals surface area contributed by atoms with Crippen molar-refractivity contribution in [2.75, 3.05) is 18.0 Å². The molecule has 0 N–H and O–H groups in total. The molecule has 0 saturated heterocycles. The van der Waals surface area contributed by atoms with Crippen LogP contribution in [0.15, 0.2) is 24.3 Å². The Morgan fingerprint density at radius 3 is 3.07 bits per heavy atom. The van der Waals surface area contributed by atoms with Crippen molar-refractivity contribution in [2.24, 2.45) is 0 Å². The van der Waals surface area contributed by atoms with E-state index in [2.05, 4.69) is 4.94 Å². The van der Waals surface area contributed by atoms with Crippen molar-refractivity contribution >= 4 is 11.7 Å². The highest BCUT2D eigenvalue weighted by molar-refractivity contribution is 5.76. The molecule has 0 amide bonds. The summed E-state index contributed by atoms with van der Waals surface area (Å²) in [5.41, 5.74) is 2.19. The van der Waals surface area contributed by atoms with Gasteiger partial charge < -0.3 is 4.90 Å². The number of para-hydroxylation sites is 1. The predicted octanol–water partition coefficient (Wildman–Crippen LogP) is 1.48. The van der Waals surface area contributed by atoms with E-state index < -0.39 is 5.97 Å². The fourth-order valence-electron chi connectivity index (χ4n) is 1.75. The normalized spacial score (nSPS) is 13.9. The van der Waals surface area contributed by atoms with Crippen molar-refractivity contribution in [3.8, 4) is 0 Å². The van der Waals surface area contributed by atoms with E-state index >= 15 is 0 Å². The van der Waals surface area contributed by atoms with Crippen LogP contribution in [-0.2, 0) is 16.2 Å². The second-order valence-electron chi connectivity index (χ2n) is 3.25. The molecular weight excluding hydrogens is 185 g/mol. The molecule has 2 rings (SSSR count). The van der Waals surface area contributed by atoms with E-state index in [1.165, 1.54) is 5.56 Å². The molecule has 3 nitrogen and oxygen atoms in total. The Morgan fingerprint density at radius 2 is 2.29 bits per heavy atom. The number of carbonyl (C=O) groups is 1. The topological polar surface area (TPSA) is 29.5 Å². The van der Waals surface area contributed by atoms with Crippen molar-refractivity contribution in [2.45, 2.75) is 6.42 Å². The summed E-state index contributed by atoms with van der Waals surface area (Å²) in [6.07, 6.45) is 0.899. The van der Waals surface area contributed by atoms with Crippen LogP contribution in [0.5, 0.6) is 0 Å². The Morgan fingerprint density at radius 1 is 1.50 bits per heavy atom. The number of hydrogen-bond acceptors (Lipinski definition) is 3. The van der Waals surface area contributed by atoms with E-state index in [4.69, 9.17) is 0 Å². The van der Waals surface area contributed by atoms with Crippen LogP contribution < -0.4 is 4.90 Å². The van der Waals surface area contributed by atoms with Crippen molar-refractivity contribution in [1.29, 1.82) is 0 Å². The average molecular weight is 195 g/mol. The average Bonchev–Trinajstić information content (AvgIpc) is 2.62. The molecule has 0 atom stereocenters. The molecule has 0 aliphatic carbocycles. The minimum atomic E-state index is -0.846. The third-order valence-electron chi connectivity index (χ3n) is 2.39. The number of anilines is 1. The van der Waals surface area contributed by atoms with Gasteiger partial charge in [0.15, 0.2) is 0 Å². The lowest BCUT2D eigenvalue weighted by Crippen LogP contribution is -2.28. The highest BCUT2D eigenvalue weighted by atomic mass is 19.3. The van der Waals surface area contributed by atoms with Gasteiger partial charge in [0.05, 0.1) is 0 Å². The highest BCUT2D eigenvalue weighted by Crippen LogP contribution is 2.26. The van der Waals surface area contributed by atoms with E-state index in [1.807, 2.05) is 29.2 Å². The summed E-state index contributed by atoms with van der Waals surface area (Å²) in [5.74, 6) is -0.846. The van der Waals surface area contributed by atoms with E-state index in [1.54, 1.807) is 0 Å². The summed E-state index contributed by atoms with van der Waals surface area (Å²) in [6, 6.07) is 7.79. The number of benzene rings is 1. The number of rotatable bonds is 2. The molecule has 74 valence electrons. The van der Waals surface area contributed by atoms with Crippen LogP contribution in [0.1, 0.15) is 5.56 Å². The van der Waals surface area contributed by atoms with Crippen molar-refractivity contribution in [1.82, 2.24) is 0 Å². The first-order chi connectivity index (χ1) is 6.81. The lowest BCUT2D eigenvalue weighted by atomic mass is 10.2. The number of hydrogen-bond donors (Lipinski definition) is 0. The minimum Gasteiger partial charge on any atom is -0.360 e. The van der Waals surface area contributed by atoms with Crippen molar-refractivity contribution in [3.63, 3.8) is 0 Å². The van der Waals surface area contributed by atoms with Gasteiger partial charge in [-0.15, -0.1) is 0 Å². The molecule has 1 aliphatic rings. The van der Waals surface area contributed by atoms with E-state index in [-0.39, 0.29) is 6.54 Å². The quantitative estimate of drug-likeness (QED) is 0.715. The first kappa shape index (κ1) is 8.99. The zero-order chi connectivity index (χ0) is 9.97. The van der Waals surface area contributed by atoms with Crippen LogP contribution in [-0.4, -0.2) is 19.1 Å². The Balaban J connectivity index is 2.14. The van der Waals surface area contributed by atoms with Gasteiger partial charge in [0.1, 0.15) is 6.54 Å². The van der Waals surface area contributed by atoms with Crippen LogP contribution in [0.3, 0.4) is 0 Å². The number of halogens is 1. The Bertz CT molecular complexity index is 354. The second-order valence-corrected chi connectivity index (χ2v) is 3.25. The van der Waals surface area contributed by atoms with Crippen LogP contribution >= 0.6 is 0 Å². The molecule has 4 heteroatoms. The van der Waals surface area contributed by atoms with Gasteiger partial charge in [-0.1, -0.05) is 18.2 Å². The Labute approximate surface area is 81.0 Å². The maximum absolute atomic E-state index is 11.5. The largest absolute Gasteiger partial charge is 0.367 e. The monoisotopic (exact) mass is 195 g/mol. The maximum Gasteiger partial charge on any atom is 0.367 e. The molecule has 0 unspecified atom stereocenters. The number of nitrogens with zero attached hydrogens (tertiary/aromatic N) is 1. The fourth-order valence-corrected chi connectivity index (χ4v) is 1.75. The van der Waals surface area contributed by atoms with Crippen LogP contribution in [0.4, 0.5) is 10.2 Å². The van der Waals surface area contributed by atoms with Crippen LogP contribution in [0.2, 0.25) is 0 Å². The Kier molecular flexibility index (Phi) is 2.35. The van der Waals surface area contributed by atoms with Crippen molar-refractivity contribution in [3.05, 3.63) is 29.8 Å². The molecule has 14 heavy (non-hydrogen) atoms. The summed E-state index contributed by atoms with van der Waals surface area (Å²) in [4.78, 5) is 15.7. The van der Waals surface area contributed by atoms with Crippen molar-refractivity contribution < 1.29 is 14.3 Å². The van der Waals surface area contributed by atoms with Crippen LogP contribution in [0.25, 0.3) is 0 Å². The third kappa shape index (κ3) is 1.55. The van der Waals surface area contributed by atoms with Crippen LogP contribution in [0, 0.1) is 0 Å². The zero-order valence-electron chi connectivity index (χ0n) is 7.57. The van der Waals surface area contributed by atoms with Gasteiger partial charge in [-0.3, -0.25) is 4.94 Å². The first-order valence-corrected chi connectivity index (χ1v) is 4.45. The Hall–Kier alpha value is -1.58. The molecule has 0 saturated carbocycles. The van der Waals surface area contributed by atoms with Gasteiger partial charge in [-0.2, -0.15) is 0 Å². The lowest BCUT2D eigenvalue weighted by Gasteiger charge is -2.16. The van der Waals surface area contributed by atoms with E-state index in [0.717, 1.165) is 18.7 Å². The summed E-state index contributed by atoms with van der Waals surface area (Å²) < 4.78 is 11.5. The molecule has 0 fully saturated rings. The molecule has 0 radical (unpaired) electrons. The van der Waals surface area contributed by atoms with Gasteiger partial charge in [0.25, 0.3) is 0 Å². The van der Waals surface area contributed by atoms with E-state index in [9.17, 15) is 9.32 Å². The van der Waals surface area contributed by atoms with Gasteiger partial charge >= 0.3 is 5.97 Å². The zero-order valence-corrected chi connectivity index (χ0v) is 7.57. The predicted molar refractivity (Wildman–Crippen MR) is 49.6 cm³/mol. The maximum atomic E-state index is 11.5. The highest BCUT2D eigenvalue weighted by Gasteiger charge is 2.21. The second kappa shape index (κ2) is 3.65. The summed E-state index contributed by atoms with van der Waals surface area (Å²) in [5, 5.41) is 0. The standard InChI is InChI=1S/C10H10FNO2/c11-14-10(13)7-12-6-5-8-3-1-2-4-9(8)12/h1-4H,5-7H2. The summed E-state index contributed by atoms with van der Waals surface area (Å²) in [7, 11) is 0. The number of carbonyl (C=O) groups excluding carboxylic acids is 1. The molecule has 0 aromatic heterocycles.